The summed E-state index contributed by atoms with van der Waals surface area (Å²) in [7, 11) is 0. The molecule has 1 aromatic carbocycles. The molecular formula is C12H12F3NO3. The number of hydrogen-bond acceptors (Lipinski definition) is 3. The summed E-state index contributed by atoms with van der Waals surface area (Å²) < 4.78 is 37.7. The highest BCUT2D eigenvalue weighted by atomic mass is 19.4. The maximum absolute atomic E-state index is 12.6. The maximum Gasteiger partial charge on any atom is 0.416 e. The molecule has 0 saturated heterocycles. The number of nitrogens with zero attached hydrogens (tertiary/aromatic N) is 1. The Kier molecular flexibility index (Phi) is 4.63. The van der Waals surface area contributed by atoms with Crippen LogP contribution in [0.15, 0.2) is 24.3 Å². The van der Waals surface area contributed by atoms with Crippen LogP contribution in [0.4, 0.5) is 13.2 Å². The summed E-state index contributed by atoms with van der Waals surface area (Å²) in [6.45, 7) is 0.864. The van der Waals surface area contributed by atoms with E-state index in [1.54, 1.807) is 0 Å². The van der Waals surface area contributed by atoms with Crippen LogP contribution >= 0.6 is 0 Å². The van der Waals surface area contributed by atoms with Crippen LogP contribution in [0.5, 0.6) is 0 Å². The predicted molar refractivity (Wildman–Crippen MR) is 61.3 cm³/mol. The Hall–Kier alpha value is -1.92. The van der Waals surface area contributed by atoms with E-state index >= 15 is 0 Å². The Morgan fingerprint density at radius 2 is 2.05 bits per heavy atom. The molecule has 7 heteroatoms. The lowest BCUT2D eigenvalue weighted by atomic mass is 9.87. The molecule has 0 radical (unpaired) electrons. The highest BCUT2D eigenvalue weighted by molar-refractivity contribution is 5.55. The Labute approximate surface area is 107 Å². The van der Waals surface area contributed by atoms with Crippen molar-refractivity contribution in [3.63, 3.8) is 0 Å². The van der Waals surface area contributed by atoms with Gasteiger partial charge in [-0.1, -0.05) is 25.1 Å². The lowest BCUT2D eigenvalue weighted by molar-refractivity contribution is -0.484. The third-order valence-corrected chi connectivity index (χ3v) is 2.84. The minimum Gasteiger partial charge on any atom is -0.303 e. The maximum atomic E-state index is 12.6. The molecule has 104 valence electrons. The molecule has 0 heterocycles. The zero-order valence-electron chi connectivity index (χ0n) is 10.1. The van der Waals surface area contributed by atoms with Gasteiger partial charge < -0.3 is 4.79 Å². The SMILES string of the molecule is C[C@@H](C=O)[C@H](C[N+](=O)[O-])c1cccc(C(F)(F)F)c1. The zero-order valence-corrected chi connectivity index (χ0v) is 10.1. The van der Waals surface area contributed by atoms with Crippen molar-refractivity contribution < 1.29 is 22.9 Å². The molecule has 0 amide bonds. The smallest absolute Gasteiger partial charge is 0.303 e. The van der Waals surface area contributed by atoms with Gasteiger partial charge in [0.15, 0.2) is 0 Å². The number of rotatable bonds is 5. The standard InChI is InChI=1S/C12H12F3NO3/c1-8(7-17)11(6-16(18)19)9-3-2-4-10(5-9)12(13,14)15/h2-5,7-8,11H,6H2,1H3/t8-,11-/m0/s1. The molecule has 0 aliphatic carbocycles. The molecule has 1 aromatic rings. The van der Waals surface area contributed by atoms with E-state index in [4.69, 9.17) is 0 Å². The van der Waals surface area contributed by atoms with Crippen molar-refractivity contribution in [2.75, 3.05) is 6.54 Å². The molecule has 0 aromatic heterocycles. The fraction of sp³-hybridized carbons (Fsp3) is 0.417. The largest absolute Gasteiger partial charge is 0.416 e. The van der Waals surface area contributed by atoms with Crippen molar-refractivity contribution >= 4 is 6.29 Å². The van der Waals surface area contributed by atoms with Gasteiger partial charge in [-0.25, -0.2) is 0 Å². The van der Waals surface area contributed by atoms with Crippen LogP contribution in [0.1, 0.15) is 24.0 Å². The molecule has 0 bridgehead atoms. The second-order valence-corrected chi connectivity index (χ2v) is 4.24. The van der Waals surface area contributed by atoms with Gasteiger partial charge in [0, 0.05) is 10.8 Å². The molecule has 4 nitrogen and oxygen atoms in total. The summed E-state index contributed by atoms with van der Waals surface area (Å²) in [6.07, 6.45) is -4.01. The molecule has 19 heavy (non-hydrogen) atoms. The second kappa shape index (κ2) is 5.81. The van der Waals surface area contributed by atoms with E-state index in [1.165, 1.54) is 19.1 Å². The molecule has 1 rings (SSSR count). The summed E-state index contributed by atoms with van der Waals surface area (Å²) in [6, 6.07) is 4.29. The molecule has 0 spiro atoms. The minimum atomic E-state index is -4.51. The van der Waals surface area contributed by atoms with E-state index in [9.17, 15) is 28.1 Å². The van der Waals surface area contributed by atoms with Crippen molar-refractivity contribution in [2.24, 2.45) is 5.92 Å². The van der Waals surface area contributed by atoms with Gasteiger partial charge in [0.2, 0.25) is 6.54 Å². The summed E-state index contributed by atoms with van der Waals surface area (Å²) in [5.41, 5.74) is -0.734. The molecule has 0 unspecified atom stereocenters. The monoisotopic (exact) mass is 275 g/mol. The second-order valence-electron chi connectivity index (χ2n) is 4.24. The van der Waals surface area contributed by atoms with Crippen LogP contribution in [0.2, 0.25) is 0 Å². The number of alkyl halides is 3. The first kappa shape index (κ1) is 15.1. The molecule has 0 aliphatic heterocycles. The van der Waals surface area contributed by atoms with Crippen molar-refractivity contribution in [3.8, 4) is 0 Å². The quantitative estimate of drug-likeness (QED) is 0.471. The van der Waals surface area contributed by atoms with E-state index in [0.717, 1.165) is 12.1 Å². The van der Waals surface area contributed by atoms with E-state index in [-0.39, 0.29) is 5.56 Å². The van der Waals surface area contributed by atoms with Crippen LogP contribution < -0.4 is 0 Å². The van der Waals surface area contributed by atoms with Crippen LogP contribution in [0.3, 0.4) is 0 Å². The molecule has 0 aliphatic rings. The summed E-state index contributed by atoms with van der Waals surface area (Å²) in [5, 5.41) is 10.6. The van der Waals surface area contributed by atoms with Gasteiger partial charge in [-0.2, -0.15) is 13.2 Å². The zero-order chi connectivity index (χ0) is 14.6. The predicted octanol–water partition coefficient (Wildman–Crippen LogP) is 2.90. The first-order chi connectivity index (χ1) is 8.75. The van der Waals surface area contributed by atoms with Gasteiger partial charge in [-0.05, 0) is 11.6 Å². The average molecular weight is 275 g/mol. The van der Waals surface area contributed by atoms with E-state index in [0.29, 0.717) is 6.29 Å². The Balaban J connectivity index is 3.15. The van der Waals surface area contributed by atoms with E-state index in [1.807, 2.05) is 0 Å². The number of aldehydes is 1. The highest BCUT2D eigenvalue weighted by Gasteiger charge is 2.32. The third-order valence-electron chi connectivity index (χ3n) is 2.84. The summed E-state index contributed by atoms with van der Waals surface area (Å²) in [4.78, 5) is 20.7. The molecule has 0 saturated carbocycles. The van der Waals surface area contributed by atoms with Crippen LogP contribution in [-0.4, -0.2) is 17.8 Å². The van der Waals surface area contributed by atoms with Crippen molar-refractivity contribution in [3.05, 3.63) is 45.5 Å². The summed E-state index contributed by atoms with van der Waals surface area (Å²) in [5.74, 6) is -1.59. The van der Waals surface area contributed by atoms with E-state index < -0.39 is 35.0 Å². The van der Waals surface area contributed by atoms with E-state index in [2.05, 4.69) is 0 Å². The summed E-state index contributed by atoms with van der Waals surface area (Å²) >= 11 is 0. The van der Waals surface area contributed by atoms with Gasteiger partial charge in [0.1, 0.15) is 6.29 Å². The van der Waals surface area contributed by atoms with Crippen LogP contribution in [-0.2, 0) is 11.0 Å². The normalized spacial score (nSPS) is 14.7. The highest BCUT2D eigenvalue weighted by Crippen LogP contribution is 2.32. The van der Waals surface area contributed by atoms with Crippen LogP contribution in [0.25, 0.3) is 0 Å². The lowest BCUT2D eigenvalue weighted by Gasteiger charge is -2.17. The third kappa shape index (κ3) is 4.04. The van der Waals surface area contributed by atoms with Gasteiger partial charge >= 0.3 is 6.18 Å². The fourth-order valence-corrected chi connectivity index (χ4v) is 1.78. The van der Waals surface area contributed by atoms with Gasteiger partial charge in [0.05, 0.1) is 11.5 Å². The van der Waals surface area contributed by atoms with Crippen molar-refractivity contribution in [1.29, 1.82) is 0 Å². The number of halogens is 3. The fourth-order valence-electron chi connectivity index (χ4n) is 1.78. The number of hydrogen-bond donors (Lipinski definition) is 0. The molecule has 0 N–H and O–H groups in total. The number of benzene rings is 1. The van der Waals surface area contributed by atoms with Crippen LogP contribution in [0, 0.1) is 16.0 Å². The number of carbonyl (C=O) groups is 1. The minimum absolute atomic E-state index is 0.145. The Morgan fingerprint density at radius 3 is 2.53 bits per heavy atom. The van der Waals surface area contributed by atoms with Crippen molar-refractivity contribution in [2.45, 2.75) is 19.0 Å². The molecule has 2 atom stereocenters. The molecular weight excluding hydrogens is 263 g/mol. The Bertz CT molecular complexity index is 474. The average Bonchev–Trinajstić information content (AvgIpc) is 2.34. The van der Waals surface area contributed by atoms with Gasteiger partial charge in [0.25, 0.3) is 0 Å². The number of carbonyl (C=O) groups excluding carboxylic acids is 1. The van der Waals surface area contributed by atoms with Crippen molar-refractivity contribution in [1.82, 2.24) is 0 Å². The lowest BCUT2D eigenvalue weighted by Crippen LogP contribution is -2.21. The topological polar surface area (TPSA) is 60.2 Å². The first-order valence-corrected chi connectivity index (χ1v) is 5.50. The Morgan fingerprint density at radius 1 is 1.42 bits per heavy atom. The molecule has 0 fully saturated rings. The van der Waals surface area contributed by atoms with Gasteiger partial charge in [-0.15, -0.1) is 0 Å². The first-order valence-electron chi connectivity index (χ1n) is 5.50. The number of nitro groups is 1. The van der Waals surface area contributed by atoms with Gasteiger partial charge in [-0.3, -0.25) is 10.1 Å².